The molecule has 13 heavy (non-hydrogen) atoms. The van der Waals surface area contributed by atoms with Gasteiger partial charge in [-0.3, -0.25) is 0 Å². The van der Waals surface area contributed by atoms with Gasteiger partial charge in [-0.25, -0.2) is 0 Å². The third-order valence-electron chi connectivity index (χ3n) is 2.56. The van der Waals surface area contributed by atoms with Crippen LogP contribution in [0.3, 0.4) is 0 Å². The molecule has 0 unspecified atom stereocenters. The molecule has 0 saturated carbocycles. The molecule has 1 aromatic rings. The van der Waals surface area contributed by atoms with E-state index >= 15 is 0 Å². The zero-order chi connectivity index (χ0) is 9.10. The standard InChI is InChI=1S/C11H14IN/c12-10-6-7-11(13-8-10)9-4-2-1-3-5-9/h1-5,10-11,13H,6-8H2/t10-,11-/m0/s1. The van der Waals surface area contributed by atoms with Crippen LogP contribution >= 0.6 is 22.6 Å². The highest BCUT2D eigenvalue weighted by atomic mass is 127. The zero-order valence-corrected chi connectivity index (χ0v) is 9.70. The summed E-state index contributed by atoms with van der Waals surface area (Å²) in [6.07, 6.45) is 2.62. The Kier molecular flexibility index (Phi) is 3.22. The van der Waals surface area contributed by atoms with Gasteiger partial charge in [0.1, 0.15) is 0 Å². The molecule has 2 rings (SSSR count). The van der Waals surface area contributed by atoms with E-state index in [1.54, 1.807) is 0 Å². The number of benzene rings is 1. The van der Waals surface area contributed by atoms with Crippen LogP contribution in [0, 0.1) is 0 Å². The summed E-state index contributed by atoms with van der Waals surface area (Å²) in [5, 5.41) is 3.58. The first-order valence-electron chi connectivity index (χ1n) is 4.78. The van der Waals surface area contributed by atoms with Gasteiger partial charge in [0.2, 0.25) is 0 Å². The SMILES string of the molecule is I[C@H]1CC[C@@H](c2ccccc2)NC1. The number of hydrogen-bond donors (Lipinski definition) is 1. The molecule has 1 aromatic carbocycles. The smallest absolute Gasteiger partial charge is 0.0321 e. The van der Waals surface area contributed by atoms with Crippen molar-refractivity contribution < 1.29 is 0 Å². The Morgan fingerprint density at radius 2 is 1.92 bits per heavy atom. The highest BCUT2D eigenvalue weighted by Gasteiger charge is 2.18. The highest BCUT2D eigenvalue weighted by molar-refractivity contribution is 14.1. The summed E-state index contributed by atoms with van der Waals surface area (Å²) in [6.45, 7) is 1.15. The molecule has 70 valence electrons. The fourth-order valence-electron chi connectivity index (χ4n) is 1.79. The Hall–Kier alpha value is -0.0900. The van der Waals surface area contributed by atoms with E-state index in [0.29, 0.717) is 6.04 Å². The van der Waals surface area contributed by atoms with Gasteiger partial charge < -0.3 is 5.32 Å². The summed E-state index contributed by atoms with van der Waals surface area (Å²) in [4.78, 5) is 0. The molecule has 0 radical (unpaired) electrons. The van der Waals surface area contributed by atoms with Crippen LogP contribution in [0.4, 0.5) is 0 Å². The average Bonchev–Trinajstić information content (AvgIpc) is 2.20. The monoisotopic (exact) mass is 287 g/mol. The van der Waals surface area contributed by atoms with Crippen molar-refractivity contribution in [2.24, 2.45) is 0 Å². The fourth-order valence-corrected chi connectivity index (χ4v) is 2.41. The molecule has 1 heterocycles. The van der Waals surface area contributed by atoms with Gasteiger partial charge in [0.05, 0.1) is 0 Å². The summed E-state index contributed by atoms with van der Waals surface area (Å²) < 4.78 is 0.817. The molecule has 0 aliphatic carbocycles. The van der Waals surface area contributed by atoms with E-state index in [-0.39, 0.29) is 0 Å². The predicted molar refractivity (Wildman–Crippen MR) is 64.2 cm³/mol. The van der Waals surface area contributed by atoms with Crippen LogP contribution in [0.25, 0.3) is 0 Å². The minimum atomic E-state index is 0.590. The molecule has 0 amide bonds. The van der Waals surface area contributed by atoms with Crippen LogP contribution in [-0.4, -0.2) is 10.5 Å². The molecule has 1 saturated heterocycles. The van der Waals surface area contributed by atoms with Crippen molar-refractivity contribution >= 4 is 22.6 Å². The van der Waals surface area contributed by atoms with Crippen molar-refractivity contribution in [3.63, 3.8) is 0 Å². The molecule has 0 aromatic heterocycles. The molecular formula is C11H14IN. The molecule has 1 aliphatic heterocycles. The minimum absolute atomic E-state index is 0.590. The topological polar surface area (TPSA) is 12.0 Å². The van der Waals surface area contributed by atoms with Crippen LogP contribution in [0.1, 0.15) is 24.4 Å². The molecular weight excluding hydrogens is 273 g/mol. The molecule has 1 fully saturated rings. The molecule has 1 N–H and O–H groups in total. The van der Waals surface area contributed by atoms with E-state index in [1.165, 1.54) is 18.4 Å². The number of halogens is 1. The van der Waals surface area contributed by atoms with E-state index < -0.39 is 0 Å². The van der Waals surface area contributed by atoms with Crippen molar-refractivity contribution in [3.8, 4) is 0 Å². The van der Waals surface area contributed by atoms with Crippen LogP contribution in [0.15, 0.2) is 30.3 Å². The number of rotatable bonds is 1. The lowest BCUT2D eigenvalue weighted by Crippen LogP contribution is -2.33. The second kappa shape index (κ2) is 4.42. The van der Waals surface area contributed by atoms with Crippen LogP contribution in [0.5, 0.6) is 0 Å². The third-order valence-corrected chi connectivity index (χ3v) is 3.62. The second-order valence-electron chi connectivity index (χ2n) is 3.55. The Labute approximate surface area is 93.1 Å². The molecule has 2 heteroatoms. The number of nitrogens with one attached hydrogen (secondary N) is 1. The largest absolute Gasteiger partial charge is 0.309 e. The van der Waals surface area contributed by atoms with Crippen molar-refractivity contribution in [3.05, 3.63) is 35.9 Å². The van der Waals surface area contributed by atoms with Gasteiger partial charge in [-0.1, -0.05) is 52.9 Å². The van der Waals surface area contributed by atoms with Gasteiger partial charge >= 0.3 is 0 Å². The summed E-state index contributed by atoms with van der Waals surface area (Å²) >= 11 is 2.52. The summed E-state index contributed by atoms with van der Waals surface area (Å²) in [6, 6.07) is 11.3. The zero-order valence-electron chi connectivity index (χ0n) is 7.54. The maximum atomic E-state index is 3.58. The van der Waals surface area contributed by atoms with Gasteiger partial charge in [-0.05, 0) is 18.4 Å². The van der Waals surface area contributed by atoms with E-state index in [0.717, 1.165) is 10.5 Å². The van der Waals surface area contributed by atoms with Crippen molar-refractivity contribution in [1.82, 2.24) is 5.32 Å². The number of piperidine rings is 1. The first-order chi connectivity index (χ1) is 6.36. The molecule has 1 aliphatic rings. The van der Waals surface area contributed by atoms with Crippen LogP contribution in [-0.2, 0) is 0 Å². The first-order valence-corrected chi connectivity index (χ1v) is 6.03. The number of hydrogen-bond acceptors (Lipinski definition) is 1. The van der Waals surface area contributed by atoms with Crippen molar-refractivity contribution in [1.29, 1.82) is 0 Å². The highest BCUT2D eigenvalue weighted by Crippen LogP contribution is 2.25. The Balaban J connectivity index is 2.03. The summed E-state index contributed by atoms with van der Waals surface area (Å²) in [5.41, 5.74) is 1.44. The maximum absolute atomic E-state index is 3.58. The van der Waals surface area contributed by atoms with E-state index in [2.05, 4.69) is 58.2 Å². The molecule has 2 atom stereocenters. The quantitative estimate of drug-likeness (QED) is 0.618. The lowest BCUT2D eigenvalue weighted by molar-refractivity contribution is 0.427. The third kappa shape index (κ3) is 2.44. The van der Waals surface area contributed by atoms with Crippen LogP contribution < -0.4 is 5.32 Å². The van der Waals surface area contributed by atoms with Crippen molar-refractivity contribution in [2.45, 2.75) is 22.8 Å². The molecule has 1 nitrogen and oxygen atoms in total. The average molecular weight is 287 g/mol. The lowest BCUT2D eigenvalue weighted by Gasteiger charge is -2.27. The first kappa shape index (κ1) is 9.46. The summed E-state index contributed by atoms with van der Waals surface area (Å²) in [7, 11) is 0. The molecule has 0 spiro atoms. The van der Waals surface area contributed by atoms with E-state index in [1.807, 2.05) is 0 Å². The number of alkyl halides is 1. The van der Waals surface area contributed by atoms with Gasteiger partial charge in [-0.2, -0.15) is 0 Å². The minimum Gasteiger partial charge on any atom is -0.309 e. The molecule has 0 bridgehead atoms. The van der Waals surface area contributed by atoms with E-state index in [9.17, 15) is 0 Å². The fraction of sp³-hybridized carbons (Fsp3) is 0.455. The van der Waals surface area contributed by atoms with Crippen LogP contribution in [0.2, 0.25) is 0 Å². The maximum Gasteiger partial charge on any atom is 0.0321 e. The van der Waals surface area contributed by atoms with Crippen molar-refractivity contribution in [2.75, 3.05) is 6.54 Å². The van der Waals surface area contributed by atoms with Gasteiger partial charge in [0.15, 0.2) is 0 Å². The van der Waals surface area contributed by atoms with Gasteiger partial charge in [-0.15, -0.1) is 0 Å². The Morgan fingerprint density at radius 1 is 1.15 bits per heavy atom. The van der Waals surface area contributed by atoms with Gasteiger partial charge in [0.25, 0.3) is 0 Å². The second-order valence-corrected chi connectivity index (χ2v) is 5.31. The Morgan fingerprint density at radius 3 is 2.54 bits per heavy atom. The summed E-state index contributed by atoms with van der Waals surface area (Å²) in [5.74, 6) is 0. The Bertz CT molecular complexity index is 252. The van der Waals surface area contributed by atoms with E-state index in [4.69, 9.17) is 0 Å². The lowest BCUT2D eigenvalue weighted by atomic mass is 9.98. The predicted octanol–water partition coefficient (Wildman–Crippen LogP) is 2.91. The normalized spacial score (nSPS) is 28.7. The van der Waals surface area contributed by atoms with Gasteiger partial charge in [0, 0.05) is 16.5 Å².